The summed E-state index contributed by atoms with van der Waals surface area (Å²) in [7, 11) is 0. The van der Waals surface area contributed by atoms with Gasteiger partial charge in [0.05, 0.1) is 6.61 Å². The number of carbonyl (C=O) groups excluding carboxylic acids is 1. The second-order valence-electron chi connectivity index (χ2n) is 6.51. The number of benzene rings is 1. The molecule has 1 saturated heterocycles. The smallest absolute Gasteiger partial charge is 0.253 e. The second-order valence-corrected chi connectivity index (χ2v) is 6.51. The Balaban J connectivity index is 1.84. The lowest BCUT2D eigenvalue weighted by Gasteiger charge is -2.34. The molecule has 0 radical (unpaired) electrons. The Kier molecular flexibility index (Phi) is 6.86. The molecule has 0 bridgehead atoms. The van der Waals surface area contributed by atoms with E-state index in [1.165, 1.54) is 0 Å². The first-order chi connectivity index (χ1) is 11.1. The summed E-state index contributed by atoms with van der Waals surface area (Å²) in [4.78, 5) is 16.9. The number of piperazine rings is 1. The van der Waals surface area contributed by atoms with Crippen LogP contribution in [0.4, 0.5) is 0 Å². The van der Waals surface area contributed by atoms with E-state index in [-0.39, 0.29) is 5.91 Å². The number of hydrogen-bond acceptors (Lipinski definition) is 4. The van der Waals surface area contributed by atoms with Crippen LogP contribution in [-0.2, 0) is 0 Å². The zero-order chi connectivity index (χ0) is 16.7. The van der Waals surface area contributed by atoms with Gasteiger partial charge in [-0.3, -0.25) is 9.69 Å². The van der Waals surface area contributed by atoms with Gasteiger partial charge in [-0.15, -0.1) is 0 Å². The van der Waals surface area contributed by atoms with Crippen LogP contribution in [0.2, 0.25) is 0 Å². The van der Waals surface area contributed by atoms with Crippen molar-refractivity contribution in [1.82, 2.24) is 9.80 Å². The molecule has 5 nitrogen and oxygen atoms in total. The topological polar surface area (TPSA) is 58.8 Å². The molecule has 2 N–H and O–H groups in total. The molecule has 0 atom stereocenters. The second kappa shape index (κ2) is 8.89. The van der Waals surface area contributed by atoms with Gasteiger partial charge in [-0.25, -0.2) is 0 Å². The number of ether oxygens (including phenoxy) is 1. The van der Waals surface area contributed by atoms with E-state index in [9.17, 15) is 4.79 Å². The molecule has 1 heterocycles. The Morgan fingerprint density at radius 2 is 1.83 bits per heavy atom. The molecule has 2 rings (SSSR count). The normalized spacial score (nSPS) is 15.9. The summed E-state index contributed by atoms with van der Waals surface area (Å²) in [5, 5.41) is 0. The molecule has 0 aromatic heterocycles. The van der Waals surface area contributed by atoms with Crippen LogP contribution in [0.1, 0.15) is 30.6 Å². The van der Waals surface area contributed by atoms with Crippen molar-refractivity contribution in [2.45, 2.75) is 20.3 Å². The highest BCUT2D eigenvalue weighted by molar-refractivity contribution is 5.94. The fourth-order valence-electron chi connectivity index (χ4n) is 2.63. The van der Waals surface area contributed by atoms with Crippen LogP contribution in [0.25, 0.3) is 0 Å². The predicted molar refractivity (Wildman–Crippen MR) is 92.8 cm³/mol. The quantitative estimate of drug-likeness (QED) is 0.833. The van der Waals surface area contributed by atoms with E-state index in [4.69, 9.17) is 10.5 Å². The minimum Gasteiger partial charge on any atom is -0.493 e. The van der Waals surface area contributed by atoms with Crippen LogP contribution in [0.5, 0.6) is 5.75 Å². The van der Waals surface area contributed by atoms with Crippen molar-refractivity contribution in [3.05, 3.63) is 29.8 Å². The van der Waals surface area contributed by atoms with Crippen molar-refractivity contribution in [2.24, 2.45) is 11.7 Å². The van der Waals surface area contributed by atoms with Crippen molar-refractivity contribution in [3.8, 4) is 5.75 Å². The van der Waals surface area contributed by atoms with E-state index in [0.29, 0.717) is 12.5 Å². The summed E-state index contributed by atoms with van der Waals surface area (Å²) < 4.78 is 5.66. The van der Waals surface area contributed by atoms with Gasteiger partial charge in [-0.05, 0) is 49.7 Å². The molecule has 1 aromatic carbocycles. The van der Waals surface area contributed by atoms with Gasteiger partial charge in [0.1, 0.15) is 5.75 Å². The molecule has 0 unspecified atom stereocenters. The van der Waals surface area contributed by atoms with Crippen molar-refractivity contribution in [1.29, 1.82) is 0 Å². The third-order valence-corrected chi connectivity index (χ3v) is 4.02. The number of hydrogen-bond donors (Lipinski definition) is 1. The molecule has 1 aromatic rings. The minimum absolute atomic E-state index is 0.110. The van der Waals surface area contributed by atoms with Gasteiger partial charge in [0.25, 0.3) is 5.91 Å². The zero-order valence-corrected chi connectivity index (χ0v) is 14.3. The molecule has 1 aliphatic heterocycles. The maximum absolute atomic E-state index is 12.5. The van der Waals surface area contributed by atoms with E-state index in [1.54, 1.807) is 0 Å². The molecular formula is C18H29N3O2. The summed E-state index contributed by atoms with van der Waals surface area (Å²) in [6, 6.07) is 7.48. The van der Waals surface area contributed by atoms with Crippen LogP contribution in [0.3, 0.4) is 0 Å². The van der Waals surface area contributed by atoms with Crippen molar-refractivity contribution >= 4 is 5.91 Å². The Morgan fingerprint density at radius 1 is 1.17 bits per heavy atom. The van der Waals surface area contributed by atoms with E-state index < -0.39 is 0 Å². The molecular weight excluding hydrogens is 290 g/mol. The number of amides is 1. The third kappa shape index (κ3) is 5.52. The van der Waals surface area contributed by atoms with Gasteiger partial charge in [-0.1, -0.05) is 13.8 Å². The lowest BCUT2D eigenvalue weighted by atomic mass is 10.1. The number of nitrogens with zero attached hydrogens (tertiary/aromatic N) is 2. The molecule has 0 aliphatic carbocycles. The highest BCUT2D eigenvalue weighted by Crippen LogP contribution is 2.15. The average Bonchev–Trinajstić information content (AvgIpc) is 2.58. The standard InChI is InChI=1S/C18H29N3O2/c1-15(2)14-23-17-6-4-16(5-7-17)18(22)21-12-10-20(11-13-21)9-3-8-19/h4-7,15H,3,8-14,19H2,1-2H3. The van der Waals surface area contributed by atoms with E-state index in [2.05, 4.69) is 18.7 Å². The summed E-state index contributed by atoms with van der Waals surface area (Å²) in [5.74, 6) is 1.42. The van der Waals surface area contributed by atoms with E-state index >= 15 is 0 Å². The van der Waals surface area contributed by atoms with Gasteiger partial charge in [0.2, 0.25) is 0 Å². The largest absolute Gasteiger partial charge is 0.493 e. The Morgan fingerprint density at radius 3 is 2.39 bits per heavy atom. The lowest BCUT2D eigenvalue weighted by molar-refractivity contribution is 0.0636. The zero-order valence-electron chi connectivity index (χ0n) is 14.3. The monoisotopic (exact) mass is 319 g/mol. The maximum atomic E-state index is 12.5. The van der Waals surface area contributed by atoms with Crippen LogP contribution >= 0.6 is 0 Å². The molecule has 1 amide bonds. The molecule has 128 valence electrons. The fourth-order valence-corrected chi connectivity index (χ4v) is 2.63. The fraction of sp³-hybridized carbons (Fsp3) is 0.611. The molecule has 5 heteroatoms. The van der Waals surface area contributed by atoms with Crippen molar-refractivity contribution < 1.29 is 9.53 Å². The Hall–Kier alpha value is -1.59. The average molecular weight is 319 g/mol. The van der Waals surface area contributed by atoms with Crippen LogP contribution in [0, 0.1) is 5.92 Å². The first-order valence-electron chi connectivity index (χ1n) is 8.54. The highest BCUT2D eigenvalue weighted by Gasteiger charge is 2.21. The van der Waals surface area contributed by atoms with E-state index in [0.717, 1.165) is 57.0 Å². The van der Waals surface area contributed by atoms with Crippen LogP contribution in [0.15, 0.2) is 24.3 Å². The van der Waals surface area contributed by atoms with Gasteiger partial charge >= 0.3 is 0 Å². The molecule has 1 aliphatic rings. The van der Waals surface area contributed by atoms with Gasteiger partial charge in [-0.2, -0.15) is 0 Å². The lowest BCUT2D eigenvalue weighted by Crippen LogP contribution is -2.49. The molecule has 23 heavy (non-hydrogen) atoms. The number of rotatable bonds is 7. The third-order valence-electron chi connectivity index (χ3n) is 4.02. The molecule has 1 fully saturated rings. The first kappa shape index (κ1) is 17.8. The maximum Gasteiger partial charge on any atom is 0.253 e. The van der Waals surface area contributed by atoms with E-state index in [1.807, 2.05) is 29.2 Å². The van der Waals surface area contributed by atoms with Crippen LogP contribution in [-0.4, -0.2) is 61.6 Å². The molecule has 0 saturated carbocycles. The summed E-state index contributed by atoms with van der Waals surface area (Å²) >= 11 is 0. The van der Waals surface area contributed by atoms with Gasteiger partial charge < -0.3 is 15.4 Å². The predicted octanol–water partition coefficient (Wildman–Crippen LogP) is 1.83. The number of carbonyl (C=O) groups is 1. The van der Waals surface area contributed by atoms with Crippen LogP contribution < -0.4 is 10.5 Å². The minimum atomic E-state index is 0.110. The van der Waals surface area contributed by atoms with Crippen molar-refractivity contribution in [3.63, 3.8) is 0 Å². The highest BCUT2D eigenvalue weighted by atomic mass is 16.5. The molecule has 0 spiro atoms. The Labute approximate surface area is 139 Å². The summed E-state index contributed by atoms with van der Waals surface area (Å²) in [6.07, 6.45) is 1.02. The summed E-state index contributed by atoms with van der Waals surface area (Å²) in [6.45, 7) is 10.1. The summed E-state index contributed by atoms with van der Waals surface area (Å²) in [5.41, 5.74) is 6.28. The Bertz CT molecular complexity index is 480. The van der Waals surface area contributed by atoms with Gasteiger partial charge in [0.15, 0.2) is 0 Å². The van der Waals surface area contributed by atoms with Crippen molar-refractivity contribution in [2.75, 3.05) is 45.9 Å². The van der Waals surface area contributed by atoms with Gasteiger partial charge in [0, 0.05) is 31.7 Å². The first-order valence-corrected chi connectivity index (χ1v) is 8.54. The number of nitrogens with two attached hydrogens (primary N) is 1. The SMILES string of the molecule is CC(C)COc1ccc(C(=O)N2CCN(CCCN)CC2)cc1.